The van der Waals surface area contributed by atoms with Crippen LogP contribution in [0.15, 0.2) is 15.8 Å². The first-order chi connectivity index (χ1) is 12.5. The molecule has 1 aromatic rings. The molecule has 2 N–H and O–H groups in total. The molecule has 10 nitrogen and oxygen atoms in total. The molecule has 2 heterocycles. The molecule has 0 radical (unpaired) electrons. The Morgan fingerprint density at radius 3 is 2.96 bits per heavy atom. The molecule has 1 fully saturated rings. The van der Waals surface area contributed by atoms with Crippen molar-refractivity contribution in [2.45, 2.75) is 38.2 Å². The third-order valence-electron chi connectivity index (χ3n) is 3.80. The highest BCUT2D eigenvalue weighted by Gasteiger charge is 2.39. The van der Waals surface area contributed by atoms with E-state index in [2.05, 4.69) is 10.1 Å². The van der Waals surface area contributed by atoms with Gasteiger partial charge < -0.3 is 18.5 Å². The minimum atomic E-state index is -1.41. The van der Waals surface area contributed by atoms with Crippen molar-refractivity contribution in [2.75, 3.05) is 27.4 Å². The molecular formula is C15H23N4O6P. The first-order valence-electron chi connectivity index (χ1n) is 8.10. The van der Waals surface area contributed by atoms with E-state index < -0.39 is 32.1 Å². The number of hydrogen-bond donors (Lipinski definition) is 2. The Hall–Kier alpha value is -1.60. The van der Waals surface area contributed by atoms with Crippen molar-refractivity contribution in [3.63, 3.8) is 0 Å². The van der Waals surface area contributed by atoms with Gasteiger partial charge in [-0.2, -0.15) is 5.26 Å². The number of rotatable bonds is 9. The van der Waals surface area contributed by atoms with Crippen molar-refractivity contribution in [3.8, 4) is 6.07 Å². The number of methoxy groups -OCH3 is 1. The summed E-state index contributed by atoms with van der Waals surface area (Å²) in [4.78, 5) is 25.9. The number of aryl methyl sites for hydroxylation is 1. The molecule has 0 saturated carbocycles. The van der Waals surface area contributed by atoms with Crippen molar-refractivity contribution >= 4 is 8.53 Å². The lowest BCUT2D eigenvalue weighted by Gasteiger charge is -2.22. The molecule has 4 unspecified atom stereocenters. The summed E-state index contributed by atoms with van der Waals surface area (Å²) < 4.78 is 23.9. The van der Waals surface area contributed by atoms with Crippen LogP contribution in [0.2, 0.25) is 0 Å². The average Bonchev–Trinajstić information content (AvgIpc) is 3.00. The molecule has 0 spiro atoms. The summed E-state index contributed by atoms with van der Waals surface area (Å²) in [6, 6.07) is 2.00. The van der Waals surface area contributed by atoms with Crippen LogP contribution in [0, 0.1) is 18.3 Å². The molecule has 0 aliphatic carbocycles. The lowest BCUT2D eigenvalue weighted by Crippen LogP contribution is -2.33. The third kappa shape index (κ3) is 5.20. The second kappa shape index (κ2) is 9.92. The van der Waals surface area contributed by atoms with Gasteiger partial charge in [0.25, 0.3) is 14.1 Å². The molecule has 1 aliphatic heterocycles. The maximum atomic E-state index is 12.1. The van der Waals surface area contributed by atoms with E-state index >= 15 is 0 Å². The summed E-state index contributed by atoms with van der Waals surface area (Å²) in [5.41, 5.74) is -0.545. The maximum Gasteiger partial charge on any atom is 0.330 e. The summed E-state index contributed by atoms with van der Waals surface area (Å²) >= 11 is 0. The Morgan fingerprint density at radius 2 is 2.31 bits per heavy atom. The first-order valence-corrected chi connectivity index (χ1v) is 9.28. The summed E-state index contributed by atoms with van der Waals surface area (Å²) in [5, 5.41) is 11.5. The van der Waals surface area contributed by atoms with Crippen LogP contribution in [-0.2, 0) is 18.5 Å². The van der Waals surface area contributed by atoms with Crippen LogP contribution >= 0.6 is 8.53 Å². The number of nitrogens with zero attached hydrogens (tertiary/aromatic N) is 2. The zero-order chi connectivity index (χ0) is 19.1. The maximum absolute atomic E-state index is 12.1. The Morgan fingerprint density at radius 1 is 1.54 bits per heavy atom. The fraction of sp³-hybridized carbons (Fsp3) is 0.667. The van der Waals surface area contributed by atoms with Crippen molar-refractivity contribution < 1.29 is 18.5 Å². The summed E-state index contributed by atoms with van der Waals surface area (Å²) in [6.07, 6.45) is 0.767. The van der Waals surface area contributed by atoms with E-state index in [1.165, 1.54) is 10.8 Å². The Kier molecular flexibility index (Phi) is 7.90. The van der Waals surface area contributed by atoms with Crippen LogP contribution in [0.1, 0.15) is 24.6 Å². The molecule has 1 saturated heterocycles. The molecule has 0 aromatic carbocycles. The summed E-state index contributed by atoms with van der Waals surface area (Å²) in [7, 11) is 1.84. The lowest BCUT2D eigenvalue weighted by atomic mass is 10.2. The molecule has 26 heavy (non-hydrogen) atoms. The molecule has 0 bridgehead atoms. The number of nitrogens with one attached hydrogen (secondary N) is 2. The molecule has 2 rings (SSSR count). The number of H-pyrrole nitrogens is 1. The molecule has 1 aliphatic rings. The Labute approximate surface area is 152 Å². The fourth-order valence-electron chi connectivity index (χ4n) is 2.54. The number of aromatic amines is 1. The van der Waals surface area contributed by atoms with Crippen LogP contribution in [-0.4, -0.2) is 49.1 Å². The lowest BCUT2D eigenvalue weighted by molar-refractivity contribution is -0.0514. The fourth-order valence-corrected chi connectivity index (χ4v) is 3.56. The van der Waals surface area contributed by atoms with Crippen LogP contribution in [0.4, 0.5) is 0 Å². The van der Waals surface area contributed by atoms with E-state index in [0.29, 0.717) is 12.0 Å². The molecular weight excluding hydrogens is 363 g/mol. The van der Waals surface area contributed by atoms with Gasteiger partial charge in [-0.25, -0.2) is 4.79 Å². The molecule has 4 atom stereocenters. The smallest absolute Gasteiger partial charge is 0.330 e. The number of hydrogen-bond acceptors (Lipinski definition) is 8. The standard InChI is InChI=1S/C15H23N4O6P/c1-10-8-19(15(21)18-14(10)20)13-7-11(12(24-13)9-22-3)25-26(17-2)23-6-4-5-16/h8,11-13,17H,4,6-7,9H2,1-3H3,(H,18,20,21). The van der Waals surface area contributed by atoms with Crippen molar-refractivity contribution in [1.29, 1.82) is 5.26 Å². The van der Waals surface area contributed by atoms with Crippen LogP contribution in [0.25, 0.3) is 0 Å². The SMILES string of the molecule is CNP(OCCC#N)OC1CC(n2cc(C)c(=O)[nH]c2=O)OC1COC. The van der Waals surface area contributed by atoms with E-state index in [1.54, 1.807) is 21.1 Å². The number of nitriles is 1. The highest BCUT2D eigenvalue weighted by atomic mass is 31.2. The molecule has 1 aromatic heterocycles. The van der Waals surface area contributed by atoms with Gasteiger partial charge in [0.1, 0.15) is 12.3 Å². The molecule has 0 amide bonds. The van der Waals surface area contributed by atoms with E-state index in [4.69, 9.17) is 23.8 Å². The Bertz CT molecular complexity index is 745. The zero-order valence-corrected chi connectivity index (χ0v) is 15.8. The van der Waals surface area contributed by atoms with E-state index in [1.807, 2.05) is 6.07 Å². The third-order valence-corrected chi connectivity index (χ3v) is 5.05. The van der Waals surface area contributed by atoms with Crippen LogP contribution in [0.3, 0.4) is 0 Å². The highest BCUT2D eigenvalue weighted by molar-refractivity contribution is 7.44. The van der Waals surface area contributed by atoms with Crippen LogP contribution in [0.5, 0.6) is 0 Å². The molecule has 144 valence electrons. The normalized spacial score (nSPS) is 23.7. The van der Waals surface area contributed by atoms with Crippen LogP contribution < -0.4 is 16.3 Å². The van der Waals surface area contributed by atoms with Crippen molar-refractivity contribution in [2.24, 2.45) is 0 Å². The monoisotopic (exact) mass is 386 g/mol. The average molecular weight is 386 g/mol. The second-order valence-corrected chi connectivity index (χ2v) is 7.10. The van der Waals surface area contributed by atoms with E-state index in [9.17, 15) is 9.59 Å². The first kappa shape index (κ1) is 20.7. The zero-order valence-electron chi connectivity index (χ0n) is 14.9. The largest absolute Gasteiger partial charge is 0.382 e. The van der Waals surface area contributed by atoms with Crippen molar-refractivity contribution in [1.82, 2.24) is 14.6 Å². The predicted octanol–water partition coefficient (Wildman–Crippen LogP) is 0.541. The van der Waals surface area contributed by atoms with Gasteiger partial charge in [0, 0.05) is 25.3 Å². The molecule has 11 heteroatoms. The van der Waals surface area contributed by atoms with Gasteiger partial charge in [-0.05, 0) is 14.0 Å². The minimum absolute atomic E-state index is 0.258. The van der Waals surface area contributed by atoms with E-state index in [-0.39, 0.29) is 25.7 Å². The quantitative estimate of drug-likeness (QED) is 0.465. The van der Waals surface area contributed by atoms with Gasteiger partial charge in [0.2, 0.25) is 0 Å². The highest BCUT2D eigenvalue weighted by Crippen LogP contribution is 2.41. The Balaban J connectivity index is 2.12. The minimum Gasteiger partial charge on any atom is -0.382 e. The topological polar surface area (TPSA) is 128 Å². The van der Waals surface area contributed by atoms with Crippen molar-refractivity contribution in [3.05, 3.63) is 32.6 Å². The van der Waals surface area contributed by atoms with Gasteiger partial charge in [0.15, 0.2) is 0 Å². The van der Waals surface area contributed by atoms with Gasteiger partial charge in [-0.15, -0.1) is 0 Å². The predicted molar refractivity (Wildman–Crippen MR) is 93.5 cm³/mol. The van der Waals surface area contributed by atoms with Gasteiger partial charge in [0.05, 0.1) is 31.8 Å². The van der Waals surface area contributed by atoms with Gasteiger partial charge in [-0.3, -0.25) is 19.4 Å². The number of ether oxygens (including phenoxy) is 2. The summed E-state index contributed by atoms with van der Waals surface area (Å²) in [5.74, 6) is 0. The second-order valence-electron chi connectivity index (χ2n) is 5.66. The number of aromatic nitrogens is 2. The summed E-state index contributed by atoms with van der Waals surface area (Å²) in [6.45, 7) is 2.16. The van der Waals surface area contributed by atoms with E-state index in [0.717, 1.165) is 0 Å². The van der Waals surface area contributed by atoms with Gasteiger partial charge >= 0.3 is 5.69 Å². The van der Waals surface area contributed by atoms with Gasteiger partial charge in [-0.1, -0.05) is 0 Å².